The molecule has 0 saturated heterocycles. The molecule has 24 aromatic rings. The van der Waals surface area contributed by atoms with Crippen LogP contribution in [0.1, 0.15) is 22.6 Å². The average Bonchev–Trinajstić information content (AvgIpc) is 1.60. The maximum atomic E-state index is 6.27. The first kappa shape index (κ1) is 75.7. The Balaban J connectivity index is 0.528. The lowest BCUT2D eigenvalue weighted by Crippen LogP contribution is -2.10. The van der Waals surface area contributed by atoms with Gasteiger partial charge in [-0.2, -0.15) is 0 Å². The minimum Gasteiger partial charge on any atom is -0.456 e. The molecule has 0 N–H and O–H groups in total. The largest absolute Gasteiger partial charge is 0.456 e. The van der Waals surface area contributed by atoms with Crippen LogP contribution >= 0.6 is 0 Å². The van der Waals surface area contributed by atoms with Gasteiger partial charge in [-0.05, 0) is 273 Å². The number of fused-ring (bicyclic) bond motifs is 12. The summed E-state index contributed by atoms with van der Waals surface area (Å²) in [5, 5.41) is 9.47. The van der Waals surface area contributed by atoms with Crippen LogP contribution in [0.4, 0.5) is 51.2 Å². The summed E-state index contributed by atoms with van der Waals surface area (Å²) in [6.45, 7) is 0. The van der Waals surface area contributed by atoms with E-state index >= 15 is 0 Å². The lowest BCUT2D eigenvalue weighted by atomic mass is 9.85. The van der Waals surface area contributed by atoms with Crippen LogP contribution in [0.5, 0.6) is 0 Å². The summed E-state index contributed by atoms with van der Waals surface area (Å²) in [7, 11) is 0. The molecule has 0 aliphatic carbocycles. The van der Waals surface area contributed by atoms with Gasteiger partial charge in [0.2, 0.25) is 0 Å². The van der Waals surface area contributed by atoms with E-state index in [-0.39, 0.29) is 5.92 Å². The van der Waals surface area contributed by atoms with Crippen LogP contribution in [0.3, 0.4) is 0 Å². The first-order chi connectivity index (χ1) is 63.9. The fraction of sp³-hybridized carbons (Fsp3) is 0.0164. The normalized spacial score (nSPS) is 11.9. The Morgan fingerprint density at radius 1 is 0.178 bits per heavy atom. The van der Waals surface area contributed by atoms with Gasteiger partial charge in [-0.15, -0.1) is 0 Å². The van der Waals surface area contributed by atoms with Crippen molar-refractivity contribution in [3.63, 3.8) is 0 Å². The van der Waals surface area contributed by atoms with E-state index in [0.29, 0.717) is 0 Å². The number of para-hydroxylation sites is 7. The van der Waals surface area contributed by atoms with Gasteiger partial charge < -0.3 is 32.7 Å². The Hall–Kier alpha value is -17.0. The first-order valence-electron chi connectivity index (χ1n) is 44.2. The third kappa shape index (κ3) is 14.0. The van der Waals surface area contributed by atoms with Gasteiger partial charge >= 0.3 is 0 Å². The molecule has 0 fully saturated rings. The number of hydrogen-bond donors (Lipinski definition) is 0. The molecule has 20 aromatic carbocycles. The second kappa shape index (κ2) is 32.3. The monoisotopic (exact) mass is 1650 g/mol. The van der Waals surface area contributed by atoms with E-state index < -0.39 is 0 Å². The van der Waals surface area contributed by atoms with E-state index in [0.717, 1.165) is 168 Å². The Morgan fingerprint density at radius 2 is 0.411 bits per heavy atom. The molecule has 0 aliphatic heterocycles. The summed E-state index contributed by atoms with van der Waals surface area (Å²) in [6.07, 6.45) is 0.864. The molecule has 4 heterocycles. The highest BCUT2D eigenvalue weighted by Gasteiger charge is 2.23. The molecule has 7 nitrogen and oxygen atoms in total. The van der Waals surface area contributed by atoms with Crippen molar-refractivity contribution in [2.24, 2.45) is 0 Å². The minimum atomic E-state index is 0.156. The van der Waals surface area contributed by atoms with E-state index in [1.807, 2.05) is 24.3 Å². The average molecular weight is 1650 g/mol. The summed E-state index contributed by atoms with van der Waals surface area (Å²) < 4.78 is 17.3. The maximum absolute atomic E-state index is 6.27. The van der Waals surface area contributed by atoms with Crippen LogP contribution < -0.4 is 14.7 Å². The summed E-state index contributed by atoms with van der Waals surface area (Å²) in [5.74, 6) is 0.156. The van der Waals surface area contributed by atoms with E-state index in [2.05, 4.69) is 485 Å². The predicted octanol–water partition coefficient (Wildman–Crippen LogP) is 33.8. The van der Waals surface area contributed by atoms with Crippen LogP contribution in [0.25, 0.3) is 154 Å². The highest BCUT2D eigenvalue weighted by Crippen LogP contribution is 2.46. The number of nitrogens with zero attached hydrogens (tertiary/aromatic N) is 5. The minimum absolute atomic E-state index is 0.156. The second-order valence-electron chi connectivity index (χ2n) is 33.5. The summed E-state index contributed by atoms with van der Waals surface area (Å²) in [5.41, 5.74) is 35.2. The van der Waals surface area contributed by atoms with Crippen LogP contribution in [-0.4, -0.2) is 9.13 Å². The predicted molar refractivity (Wildman–Crippen MR) is 539 cm³/mol. The number of aromatic nitrogens is 2. The lowest BCUT2D eigenvalue weighted by molar-refractivity contribution is 0.668. The van der Waals surface area contributed by atoms with Crippen LogP contribution in [0.2, 0.25) is 0 Å². The molecule has 0 radical (unpaired) electrons. The van der Waals surface area contributed by atoms with Crippen molar-refractivity contribution in [2.75, 3.05) is 14.7 Å². The lowest BCUT2D eigenvalue weighted by Gasteiger charge is -2.27. The molecule has 24 rings (SSSR count). The zero-order valence-corrected chi connectivity index (χ0v) is 70.5. The molecular formula is C122H83N5O2. The van der Waals surface area contributed by atoms with Gasteiger partial charge in [-0.25, -0.2) is 0 Å². The third-order valence-corrected chi connectivity index (χ3v) is 26.0. The van der Waals surface area contributed by atoms with Crippen molar-refractivity contribution in [2.45, 2.75) is 12.3 Å². The standard InChI is InChI=1S/C122H83N5O2/c1-3-19-91(20-4-1)112(79-82-35-57-104(58-36-82)126-115-29-13-7-23-106(115)107-24-8-14-30-116(107)126)92-39-37-83(38-40-92)84-41-61-97(62-42-84)124(101-69-51-89(52-70-101)93-55-77-121-113(80-93)110-27-11-17-33-119(110)128-121)98-65-47-87(48-66-98)88-49-67-100(68-50-88)125(102-71-53-90(54-72-102)94-56-78-122-114(81-94)111-28-12-18-34-120(111)129-122)99-63-45-86(46-64-99)85-43-59-96(60-44-85)123(95-21-5-2-6-22-95)103-73-75-105(76-74-103)127-117-31-15-9-25-108(117)109-26-10-16-32-118(109)127/h1-78,80-81,112H,79H2. The van der Waals surface area contributed by atoms with E-state index in [1.54, 1.807) is 0 Å². The number of rotatable bonds is 20. The van der Waals surface area contributed by atoms with Crippen LogP contribution in [-0.2, 0) is 6.42 Å². The Morgan fingerprint density at radius 3 is 0.744 bits per heavy atom. The van der Waals surface area contributed by atoms with Gasteiger partial charge in [0, 0.05) is 112 Å². The Labute approximate surface area is 747 Å². The highest BCUT2D eigenvalue weighted by molar-refractivity contribution is 6.12. The van der Waals surface area contributed by atoms with Crippen molar-refractivity contribution in [1.82, 2.24) is 9.13 Å². The smallest absolute Gasteiger partial charge is 0.135 e. The molecule has 0 saturated carbocycles. The summed E-state index contributed by atoms with van der Waals surface area (Å²) in [4.78, 5) is 7.06. The topological polar surface area (TPSA) is 45.9 Å². The molecule has 4 aromatic heterocycles. The van der Waals surface area contributed by atoms with Crippen LogP contribution in [0, 0.1) is 0 Å². The van der Waals surface area contributed by atoms with Gasteiger partial charge in [-0.3, -0.25) is 0 Å². The fourth-order valence-corrected chi connectivity index (χ4v) is 19.5. The van der Waals surface area contributed by atoms with E-state index in [1.165, 1.54) is 60.3 Å². The third-order valence-electron chi connectivity index (χ3n) is 26.0. The van der Waals surface area contributed by atoms with Crippen molar-refractivity contribution in [3.05, 3.63) is 502 Å². The quantitative estimate of drug-likeness (QED) is 0.0761. The van der Waals surface area contributed by atoms with Crippen molar-refractivity contribution in [3.8, 4) is 67.0 Å². The molecule has 0 spiro atoms. The highest BCUT2D eigenvalue weighted by atomic mass is 16.3. The number of furan rings is 2. The van der Waals surface area contributed by atoms with Crippen molar-refractivity contribution >= 4 is 139 Å². The number of benzene rings is 20. The van der Waals surface area contributed by atoms with E-state index in [4.69, 9.17) is 8.83 Å². The van der Waals surface area contributed by atoms with E-state index in [9.17, 15) is 0 Å². The summed E-state index contributed by atoms with van der Waals surface area (Å²) in [6, 6.07) is 176. The molecule has 7 heteroatoms. The molecule has 608 valence electrons. The van der Waals surface area contributed by atoms with Crippen molar-refractivity contribution < 1.29 is 8.83 Å². The number of hydrogen-bond acceptors (Lipinski definition) is 5. The molecule has 1 unspecified atom stereocenters. The zero-order valence-electron chi connectivity index (χ0n) is 70.5. The Kier molecular flexibility index (Phi) is 18.9. The number of anilines is 9. The van der Waals surface area contributed by atoms with Gasteiger partial charge in [0.1, 0.15) is 22.3 Å². The Bertz CT molecular complexity index is 8140. The van der Waals surface area contributed by atoms with Gasteiger partial charge in [0.15, 0.2) is 0 Å². The van der Waals surface area contributed by atoms with Gasteiger partial charge in [0.05, 0.1) is 22.1 Å². The fourth-order valence-electron chi connectivity index (χ4n) is 19.5. The first-order valence-corrected chi connectivity index (χ1v) is 44.2. The zero-order chi connectivity index (χ0) is 85.2. The van der Waals surface area contributed by atoms with Crippen molar-refractivity contribution in [1.29, 1.82) is 0 Å². The molecule has 1 atom stereocenters. The second-order valence-corrected chi connectivity index (χ2v) is 33.5. The summed E-state index contributed by atoms with van der Waals surface area (Å²) >= 11 is 0. The molecule has 0 bridgehead atoms. The molecule has 129 heavy (non-hydrogen) atoms. The SMILES string of the molecule is c1ccc(C(Cc2ccc(-n3c4ccccc4c4ccccc43)cc2)c2ccc(-c3ccc(N(c4ccc(-c5ccc(N(c6ccc(-c7ccc(N(c8ccccc8)c8ccc(-n9c%10ccccc%10c%10ccccc%109)cc8)cc7)cc6)c6ccc(-c7ccc8oc9ccccc9c8c7)cc6)cc5)cc4)c4ccc(-c5ccc6oc7ccccc7c6c5)cc4)cc3)cc2)cc1. The van der Waals surface area contributed by atoms with Gasteiger partial charge in [-0.1, -0.05) is 291 Å². The maximum Gasteiger partial charge on any atom is 0.135 e. The molecule has 0 amide bonds. The van der Waals surface area contributed by atoms with Crippen LogP contribution in [0.15, 0.2) is 494 Å². The molecule has 0 aliphatic rings. The molecular weight excluding hydrogens is 1570 g/mol. The van der Waals surface area contributed by atoms with Gasteiger partial charge in [0.25, 0.3) is 0 Å².